The summed E-state index contributed by atoms with van der Waals surface area (Å²) in [6, 6.07) is 4.04. The molecular weight excluding hydrogens is 290 g/mol. The molecule has 0 heterocycles. The van der Waals surface area contributed by atoms with Crippen molar-refractivity contribution < 1.29 is 19.8 Å². The fourth-order valence-electron chi connectivity index (χ4n) is 1.22. The fraction of sp³-hybridized carbons (Fsp3) is 0.231. The number of phenols is 1. The molecule has 0 bridgehead atoms. The summed E-state index contributed by atoms with van der Waals surface area (Å²) in [5, 5.41) is 24.6. The Morgan fingerprint density at radius 3 is 2.05 bits per heavy atom. The summed E-state index contributed by atoms with van der Waals surface area (Å²) in [6.45, 7) is 1.26. The van der Waals surface area contributed by atoms with Crippen molar-refractivity contribution in [1.82, 2.24) is 4.90 Å². The molecule has 0 amide bonds. The van der Waals surface area contributed by atoms with E-state index in [1.165, 1.54) is 25.1 Å². The van der Waals surface area contributed by atoms with E-state index in [0.717, 1.165) is 0 Å². The number of aromatic hydroxyl groups is 1. The van der Waals surface area contributed by atoms with Crippen LogP contribution in [-0.2, 0) is 0 Å². The second kappa shape index (κ2) is 8.25. The van der Waals surface area contributed by atoms with Gasteiger partial charge in [-0.2, -0.15) is 4.99 Å². The minimum absolute atomic E-state index is 0.0277. The molecule has 1 aromatic rings. The van der Waals surface area contributed by atoms with Crippen molar-refractivity contribution in [2.45, 2.75) is 6.92 Å². The van der Waals surface area contributed by atoms with Gasteiger partial charge in [0.1, 0.15) is 11.3 Å². The van der Waals surface area contributed by atoms with Gasteiger partial charge in [0.15, 0.2) is 11.7 Å². The first kappa shape index (κ1) is 18.9. The van der Waals surface area contributed by atoms with E-state index in [9.17, 15) is 14.7 Å². The van der Waals surface area contributed by atoms with Gasteiger partial charge in [-0.25, -0.2) is 4.79 Å². The van der Waals surface area contributed by atoms with Gasteiger partial charge in [0.2, 0.25) is 5.96 Å². The van der Waals surface area contributed by atoms with Crippen LogP contribution in [0.1, 0.15) is 27.6 Å². The van der Waals surface area contributed by atoms with Crippen LogP contribution in [0.25, 0.3) is 0 Å². The minimum atomic E-state index is -1.25. The van der Waals surface area contributed by atoms with Crippen molar-refractivity contribution in [2.75, 3.05) is 14.1 Å². The van der Waals surface area contributed by atoms with Crippen LogP contribution >= 0.6 is 0 Å². The molecule has 0 atom stereocenters. The molecule has 0 aromatic heterocycles. The predicted molar refractivity (Wildman–Crippen MR) is 82.3 cm³/mol. The number of carboxylic acids is 1. The molecule has 0 saturated heterocycles. The zero-order valence-corrected chi connectivity index (χ0v) is 12.5. The maximum absolute atomic E-state index is 10.9. The van der Waals surface area contributed by atoms with E-state index in [0.29, 0.717) is 0 Å². The normalized spacial score (nSPS) is 10.2. The van der Waals surface area contributed by atoms with Crippen LogP contribution in [-0.4, -0.2) is 52.9 Å². The first-order valence-corrected chi connectivity index (χ1v) is 5.99. The number of nitrogens with one attached hydrogen (secondary N) is 1. The SMILES string of the molecule is CC(=O)c1cccc(C(=O)O)c1O.CN(C)C(N)=NC(=N)N. The van der Waals surface area contributed by atoms with Crippen molar-refractivity contribution in [3.63, 3.8) is 0 Å². The molecule has 22 heavy (non-hydrogen) atoms. The second-order valence-corrected chi connectivity index (χ2v) is 4.31. The third-order valence-corrected chi connectivity index (χ3v) is 2.34. The number of guanidine groups is 2. The van der Waals surface area contributed by atoms with E-state index < -0.39 is 11.7 Å². The maximum Gasteiger partial charge on any atom is 0.339 e. The molecule has 0 fully saturated rings. The molecule has 120 valence electrons. The molecule has 0 spiro atoms. The first-order valence-electron chi connectivity index (χ1n) is 5.99. The Balaban J connectivity index is 0.000000433. The number of Topliss-reactive ketones (excluding diaryl/α,β-unsaturated/α-hetero) is 1. The van der Waals surface area contributed by atoms with Crippen molar-refractivity contribution >= 4 is 23.7 Å². The van der Waals surface area contributed by atoms with Gasteiger partial charge in [0.05, 0.1) is 5.56 Å². The molecule has 0 aliphatic rings. The van der Waals surface area contributed by atoms with E-state index >= 15 is 0 Å². The molecule has 1 aromatic carbocycles. The number of carbonyl (C=O) groups is 2. The summed E-state index contributed by atoms with van der Waals surface area (Å²) in [7, 11) is 3.45. The number of aliphatic imine (C=N–C) groups is 1. The highest BCUT2D eigenvalue weighted by atomic mass is 16.4. The highest BCUT2D eigenvalue weighted by Crippen LogP contribution is 2.22. The summed E-state index contributed by atoms with van der Waals surface area (Å²) in [5.74, 6) is -2.12. The van der Waals surface area contributed by atoms with E-state index in [4.69, 9.17) is 22.0 Å². The number of hydrogen-bond acceptors (Lipinski definition) is 4. The predicted octanol–water partition coefficient (Wildman–Crippen LogP) is 0.0492. The zero-order chi connectivity index (χ0) is 17.4. The van der Waals surface area contributed by atoms with Gasteiger partial charge < -0.3 is 26.6 Å². The molecule has 9 heteroatoms. The lowest BCUT2D eigenvalue weighted by Crippen LogP contribution is -2.32. The largest absolute Gasteiger partial charge is 0.506 e. The smallest absolute Gasteiger partial charge is 0.339 e. The van der Waals surface area contributed by atoms with Crippen LogP contribution in [0.5, 0.6) is 5.75 Å². The van der Waals surface area contributed by atoms with E-state index in [2.05, 4.69) is 4.99 Å². The number of para-hydroxylation sites is 1. The lowest BCUT2D eigenvalue weighted by atomic mass is 10.1. The number of aromatic carboxylic acids is 1. The van der Waals surface area contributed by atoms with Gasteiger partial charge in [0.25, 0.3) is 0 Å². The highest BCUT2D eigenvalue weighted by Gasteiger charge is 2.14. The number of nitrogens with zero attached hydrogens (tertiary/aromatic N) is 2. The van der Waals surface area contributed by atoms with Gasteiger partial charge in [-0.1, -0.05) is 6.07 Å². The zero-order valence-electron chi connectivity index (χ0n) is 12.5. The van der Waals surface area contributed by atoms with E-state index in [1.807, 2.05) is 0 Å². The summed E-state index contributed by atoms with van der Waals surface area (Å²) in [5.41, 5.74) is 9.96. The molecule has 1 rings (SSSR count). The Kier molecular flexibility index (Phi) is 7.08. The second-order valence-electron chi connectivity index (χ2n) is 4.31. The monoisotopic (exact) mass is 309 g/mol. The molecule has 7 N–H and O–H groups in total. The third-order valence-electron chi connectivity index (χ3n) is 2.34. The Hall–Kier alpha value is -3.10. The van der Waals surface area contributed by atoms with Gasteiger partial charge in [0, 0.05) is 14.1 Å². The van der Waals surface area contributed by atoms with E-state index in [-0.39, 0.29) is 28.8 Å². The van der Waals surface area contributed by atoms with Gasteiger partial charge >= 0.3 is 5.97 Å². The van der Waals surface area contributed by atoms with Gasteiger partial charge in [-0.15, -0.1) is 0 Å². The summed E-state index contributed by atoms with van der Waals surface area (Å²) >= 11 is 0. The van der Waals surface area contributed by atoms with E-state index in [1.54, 1.807) is 19.0 Å². The molecule has 0 unspecified atom stereocenters. The molecule has 0 saturated carbocycles. The standard InChI is InChI=1S/C9H8O4.C4H11N5/c1-5(10)6-3-2-4-7(8(6)11)9(12)13;1-9(2)4(7)8-3(5)6/h2-4,11H,1H3,(H,12,13);1-2H3,(H5,5,6,7,8). The van der Waals surface area contributed by atoms with Crippen molar-refractivity contribution in [2.24, 2.45) is 16.5 Å². The Morgan fingerprint density at radius 2 is 1.73 bits per heavy atom. The molecule has 0 aliphatic carbocycles. The number of carboxylic acid groups (broad SMARTS) is 1. The number of benzene rings is 1. The number of ketones is 1. The number of carbonyl (C=O) groups excluding carboxylic acids is 1. The lowest BCUT2D eigenvalue weighted by Gasteiger charge is -2.08. The van der Waals surface area contributed by atoms with Crippen molar-refractivity contribution in [1.29, 1.82) is 5.41 Å². The first-order chi connectivity index (χ1) is 10.1. The summed E-state index contributed by atoms with van der Waals surface area (Å²) < 4.78 is 0. The van der Waals surface area contributed by atoms with Crippen molar-refractivity contribution in [3.8, 4) is 5.75 Å². The number of hydrogen-bond donors (Lipinski definition) is 5. The topological polar surface area (TPSA) is 166 Å². The van der Waals surface area contributed by atoms with Crippen LogP contribution in [0.3, 0.4) is 0 Å². The van der Waals surface area contributed by atoms with Crippen LogP contribution in [0.15, 0.2) is 23.2 Å². The quantitative estimate of drug-likeness (QED) is 0.292. The highest BCUT2D eigenvalue weighted by molar-refractivity contribution is 6.01. The van der Waals surface area contributed by atoms with Crippen LogP contribution < -0.4 is 11.5 Å². The minimum Gasteiger partial charge on any atom is -0.506 e. The number of rotatable bonds is 2. The Bertz CT molecular complexity index is 578. The molecule has 0 aliphatic heterocycles. The van der Waals surface area contributed by atoms with Gasteiger partial charge in [-0.3, -0.25) is 10.2 Å². The number of nitrogens with two attached hydrogens (primary N) is 2. The average Bonchev–Trinajstić information content (AvgIpc) is 2.38. The van der Waals surface area contributed by atoms with Crippen LogP contribution in [0.2, 0.25) is 0 Å². The molecule has 9 nitrogen and oxygen atoms in total. The fourth-order valence-corrected chi connectivity index (χ4v) is 1.22. The molecule has 0 radical (unpaired) electrons. The Morgan fingerprint density at radius 1 is 1.23 bits per heavy atom. The summed E-state index contributed by atoms with van der Waals surface area (Å²) in [4.78, 5) is 26.4. The third kappa shape index (κ3) is 5.90. The van der Waals surface area contributed by atoms with Gasteiger partial charge in [-0.05, 0) is 19.1 Å². The van der Waals surface area contributed by atoms with Crippen LogP contribution in [0, 0.1) is 5.41 Å². The lowest BCUT2D eigenvalue weighted by molar-refractivity contribution is 0.0693. The summed E-state index contributed by atoms with van der Waals surface area (Å²) in [6.07, 6.45) is 0. The Labute approximate surface area is 127 Å². The van der Waals surface area contributed by atoms with Crippen molar-refractivity contribution in [3.05, 3.63) is 29.3 Å². The maximum atomic E-state index is 10.9. The average molecular weight is 309 g/mol. The molecular formula is C13H19N5O4. The van der Waals surface area contributed by atoms with Crippen LogP contribution in [0.4, 0.5) is 0 Å².